The second-order valence-electron chi connectivity index (χ2n) is 9.98. The van der Waals surface area contributed by atoms with Crippen molar-refractivity contribution in [2.75, 3.05) is 12.3 Å². The third-order valence-electron chi connectivity index (χ3n) is 6.80. The molecule has 2 nitrogen and oxygen atoms in total. The van der Waals surface area contributed by atoms with Crippen LogP contribution in [-0.4, -0.2) is 6.61 Å². The summed E-state index contributed by atoms with van der Waals surface area (Å²) in [5.74, 6) is 1.66. The maximum atomic E-state index is 6.13. The standard InChI is InChI=1S/C30H55NO/c1-3-5-7-9-11-13-14-16-18-20-22-28(21-19-17-15-12-10-8-6-4-2)27-32-30-25-23-29(31)24-26-30/h23-26,28H,3-22,27,31H2,1-2H3. The van der Waals surface area contributed by atoms with Gasteiger partial charge in [0.2, 0.25) is 0 Å². The van der Waals surface area contributed by atoms with Crippen molar-refractivity contribution in [1.82, 2.24) is 0 Å². The van der Waals surface area contributed by atoms with E-state index in [9.17, 15) is 0 Å². The van der Waals surface area contributed by atoms with Crippen molar-refractivity contribution < 1.29 is 4.74 Å². The van der Waals surface area contributed by atoms with E-state index in [1.54, 1.807) is 0 Å². The van der Waals surface area contributed by atoms with Crippen LogP contribution < -0.4 is 10.5 Å². The molecule has 0 saturated heterocycles. The lowest BCUT2D eigenvalue weighted by molar-refractivity contribution is 0.224. The molecule has 2 heteroatoms. The summed E-state index contributed by atoms with van der Waals surface area (Å²) in [7, 11) is 0. The third kappa shape index (κ3) is 17.4. The molecule has 0 aliphatic rings. The van der Waals surface area contributed by atoms with Crippen LogP contribution in [0.15, 0.2) is 24.3 Å². The summed E-state index contributed by atoms with van der Waals surface area (Å²) in [6.45, 7) is 5.45. The molecule has 0 saturated carbocycles. The van der Waals surface area contributed by atoms with Crippen LogP contribution in [0.4, 0.5) is 5.69 Å². The first kappa shape index (κ1) is 28.9. The summed E-state index contributed by atoms with van der Waals surface area (Å²) in [5.41, 5.74) is 6.61. The van der Waals surface area contributed by atoms with E-state index in [0.717, 1.165) is 18.0 Å². The molecule has 1 aromatic rings. The molecule has 1 atom stereocenters. The summed E-state index contributed by atoms with van der Waals surface area (Å²) in [4.78, 5) is 0. The quantitative estimate of drug-likeness (QED) is 0.134. The van der Waals surface area contributed by atoms with E-state index in [1.165, 1.54) is 128 Å². The van der Waals surface area contributed by atoms with Crippen LogP contribution >= 0.6 is 0 Å². The maximum Gasteiger partial charge on any atom is 0.119 e. The highest BCUT2D eigenvalue weighted by atomic mass is 16.5. The van der Waals surface area contributed by atoms with Crippen LogP contribution in [0.5, 0.6) is 5.75 Å². The molecule has 0 amide bonds. The van der Waals surface area contributed by atoms with Gasteiger partial charge in [-0.1, -0.05) is 129 Å². The normalized spacial score (nSPS) is 12.2. The van der Waals surface area contributed by atoms with Crippen molar-refractivity contribution >= 4 is 5.69 Å². The Labute approximate surface area is 201 Å². The van der Waals surface area contributed by atoms with Crippen molar-refractivity contribution in [2.24, 2.45) is 5.92 Å². The molecule has 0 fully saturated rings. The molecule has 0 spiro atoms. The van der Waals surface area contributed by atoms with Gasteiger partial charge in [0.05, 0.1) is 6.61 Å². The number of nitrogens with two attached hydrogens (primary N) is 1. The highest BCUT2D eigenvalue weighted by molar-refractivity contribution is 5.41. The first-order valence-electron chi connectivity index (χ1n) is 14.2. The van der Waals surface area contributed by atoms with Gasteiger partial charge >= 0.3 is 0 Å². The number of unbranched alkanes of at least 4 members (excludes halogenated alkanes) is 16. The molecule has 186 valence electrons. The lowest BCUT2D eigenvalue weighted by atomic mass is 9.94. The largest absolute Gasteiger partial charge is 0.493 e. The van der Waals surface area contributed by atoms with Crippen LogP contribution in [0.1, 0.15) is 142 Å². The number of benzene rings is 1. The summed E-state index contributed by atoms with van der Waals surface area (Å²) in [6.07, 6.45) is 27.9. The Balaban J connectivity index is 2.19. The molecule has 0 aliphatic carbocycles. The molecule has 1 aromatic carbocycles. The molecule has 32 heavy (non-hydrogen) atoms. The van der Waals surface area contributed by atoms with E-state index >= 15 is 0 Å². The van der Waals surface area contributed by atoms with Crippen LogP contribution in [0, 0.1) is 5.92 Å². The predicted octanol–water partition coefficient (Wildman–Crippen LogP) is 10.1. The van der Waals surface area contributed by atoms with E-state index in [0.29, 0.717) is 5.92 Å². The summed E-state index contributed by atoms with van der Waals surface area (Å²) in [5, 5.41) is 0. The van der Waals surface area contributed by atoms with Gasteiger partial charge in [0.15, 0.2) is 0 Å². The summed E-state index contributed by atoms with van der Waals surface area (Å²) < 4.78 is 6.13. The van der Waals surface area contributed by atoms with Crippen LogP contribution in [0.2, 0.25) is 0 Å². The number of anilines is 1. The molecule has 0 bridgehead atoms. The van der Waals surface area contributed by atoms with Crippen LogP contribution in [-0.2, 0) is 0 Å². The van der Waals surface area contributed by atoms with E-state index in [2.05, 4.69) is 13.8 Å². The molecule has 0 aliphatic heterocycles. The van der Waals surface area contributed by atoms with Gasteiger partial charge in [-0.05, 0) is 43.0 Å². The van der Waals surface area contributed by atoms with Gasteiger partial charge in [-0.2, -0.15) is 0 Å². The fourth-order valence-corrected chi connectivity index (χ4v) is 4.58. The lowest BCUT2D eigenvalue weighted by Crippen LogP contribution is -2.12. The number of nitrogen functional groups attached to an aromatic ring is 1. The SMILES string of the molecule is CCCCCCCCCCCCC(CCCCCCCCCC)COc1ccc(N)cc1. The Bertz CT molecular complexity index is 498. The van der Waals surface area contributed by atoms with Crippen LogP contribution in [0.3, 0.4) is 0 Å². The highest BCUT2D eigenvalue weighted by Gasteiger charge is 2.10. The van der Waals surface area contributed by atoms with E-state index in [4.69, 9.17) is 10.5 Å². The van der Waals surface area contributed by atoms with E-state index in [-0.39, 0.29) is 0 Å². The first-order valence-corrected chi connectivity index (χ1v) is 14.2. The van der Waals surface area contributed by atoms with E-state index < -0.39 is 0 Å². The average Bonchev–Trinajstić information content (AvgIpc) is 2.80. The lowest BCUT2D eigenvalue weighted by Gasteiger charge is -2.18. The number of hydrogen-bond acceptors (Lipinski definition) is 2. The zero-order chi connectivity index (χ0) is 23.1. The van der Waals surface area contributed by atoms with Crippen molar-refractivity contribution in [3.63, 3.8) is 0 Å². The average molecular weight is 446 g/mol. The third-order valence-corrected chi connectivity index (χ3v) is 6.80. The Morgan fingerprint density at radius 3 is 1.34 bits per heavy atom. The predicted molar refractivity (Wildman–Crippen MR) is 144 cm³/mol. The monoisotopic (exact) mass is 445 g/mol. The summed E-state index contributed by atoms with van der Waals surface area (Å²) in [6, 6.07) is 7.88. The zero-order valence-corrected chi connectivity index (χ0v) is 21.7. The molecule has 0 heterocycles. The smallest absolute Gasteiger partial charge is 0.119 e. The Morgan fingerprint density at radius 1 is 0.562 bits per heavy atom. The van der Waals surface area contributed by atoms with Gasteiger partial charge in [-0.15, -0.1) is 0 Å². The number of rotatable bonds is 23. The Morgan fingerprint density at radius 2 is 0.938 bits per heavy atom. The van der Waals surface area contributed by atoms with Crippen molar-refractivity contribution in [3.05, 3.63) is 24.3 Å². The fourth-order valence-electron chi connectivity index (χ4n) is 4.58. The molecule has 1 unspecified atom stereocenters. The Kier molecular flexibility index (Phi) is 19.5. The fraction of sp³-hybridized carbons (Fsp3) is 0.800. The maximum absolute atomic E-state index is 6.13. The number of ether oxygens (including phenoxy) is 1. The molecular formula is C30H55NO. The summed E-state index contributed by atoms with van der Waals surface area (Å²) >= 11 is 0. The zero-order valence-electron chi connectivity index (χ0n) is 21.7. The topological polar surface area (TPSA) is 35.2 Å². The van der Waals surface area contributed by atoms with Gasteiger partial charge in [0, 0.05) is 5.69 Å². The molecular weight excluding hydrogens is 390 g/mol. The molecule has 0 aromatic heterocycles. The first-order chi connectivity index (χ1) is 15.8. The highest BCUT2D eigenvalue weighted by Crippen LogP contribution is 2.22. The van der Waals surface area contributed by atoms with Gasteiger partial charge < -0.3 is 10.5 Å². The van der Waals surface area contributed by atoms with Gasteiger partial charge in [-0.3, -0.25) is 0 Å². The minimum atomic E-state index is 0.696. The van der Waals surface area contributed by atoms with Gasteiger partial charge in [-0.25, -0.2) is 0 Å². The number of hydrogen-bond donors (Lipinski definition) is 1. The molecule has 2 N–H and O–H groups in total. The van der Waals surface area contributed by atoms with Crippen molar-refractivity contribution in [2.45, 2.75) is 142 Å². The second kappa shape index (κ2) is 21.7. The molecule has 1 rings (SSSR count). The Hall–Kier alpha value is -1.18. The van der Waals surface area contributed by atoms with Gasteiger partial charge in [0.25, 0.3) is 0 Å². The van der Waals surface area contributed by atoms with Crippen LogP contribution in [0.25, 0.3) is 0 Å². The minimum absolute atomic E-state index is 0.696. The minimum Gasteiger partial charge on any atom is -0.493 e. The van der Waals surface area contributed by atoms with Crippen molar-refractivity contribution in [3.8, 4) is 5.75 Å². The second-order valence-corrected chi connectivity index (χ2v) is 9.98. The molecule has 0 radical (unpaired) electrons. The van der Waals surface area contributed by atoms with Gasteiger partial charge in [0.1, 0.15) is 5.75 Å². The van der Waals surface area contributed by atoms with E-state index in [1.807, 2.05) is 24.3 Å². The van der Waals surface area contributed by atoms with Crippen molar-refractivity contribution in [1.29, 1.82) is 0 Å².